The maximum atomic E-state index is 6.08. The van der Waals surface area contributed by atoms with E-state index in [1.165, 1.54) is 0 Å². The maximum Gasteiger partial charge on any atom is 0.128 e. The molecule has 2 aromatic rings. The third-order valence-electron chi connectivity index (χ3n) is 3.06. The standard InChI is InChI=1S/C14H19N3O/c1-4-7-11-13(16-17(2)14(11)15)10-8-5-6-9-12(10)18-3/h5-6,8-9H,4,7,15H2,1-3H3. The van der Waals surface area contributed by atoms with Gasteiger partial charge in [-0.25, -0.2) is 0 Å². The first-order valence-corrected chi connectivity index (χ1v) is 6.13. The summed E-state index contributed by atoms with van der Waals surface area (Å²) >= 11 is 0. The fraction of sp³-hybridized carbons (Fsp3) is 0.357. The number of aryl methyl sites for hydroxylation is 1. The van der Waals surface area contributed by atoms with Gasteiger partial charge >= 0.3 is 0 Å². The number of hydrogen-bond acceptors (Lipinski definition) is 3. The van der Waals surface area contributed by atoms with Gasteiger partial charge in [0.05, 0.1) is 7.11 Å². The zero-order valence-electron chi connectivity index (χ0n) is 11.1. The topological polar surface area (TPSA) is 53.1 Å². The van der Waals surface area contributed by atoms with E-state index in [9.17, 15) is 0 Å². The van der Waals surface area contributed by atoms with E-state index < -0.39 is 0 Å². The third kappa shape index (κ3) is 2.06. The molecule has 4 nitrogen and oxygen atoms in total. The zero-order chi connectivity index (χ0) is 13.1. The average molecular weight is 245 g/mol. The molecule has 0 saturated heterocycles. The lowest BCUT2D eigenvalue weighted by molar-refractivity contribution is 0.416. The number of nitrogens with two attached hydrogens (primary N) is 1. The second-order valence-corrected chi connectivity index (χ2v) is 4.29. The first-order valence-electron chi connectivity index (χ1n) is 6.13. The number of anilines is 1. The normalized spacial score (nSPS) is 10.6. The molecule has 18 heavy (non-hydrogen) atoms. The molecule has 2 rings (SSSR count). The second kappa shape index (κ2) is 5.12. The van der Waals surface area contributed by atoms with Crippen LogP contribution in [0.15, 0.2) is 24.3 Å². The maximum absolute atomic E-state index is 6.08. The van der Waals surface area contributed by atoms with Gasteiger partial charge in [0.2, 0.25) is 0 Å². The van der Waals surface area contributed by atoms with E-state index in [1.54, 1.807) is 11.8 Å². The van der Waals surface area contributed by atoms with Crippen LogP contribution in [0.5, 0.6) is 5.75 Å². The number of hydrogen-bond donors (Lipinski definition) is 1. The van der Waals surface area contributed by atoms with Gasteiger partial charge in [-0.15, -0.1) is 0 Å². The smallest absolute Gasteiger partial charge is 0.128 e. The Morgan fingerprint density at radius 3 is 2.72 bits per heavy atom. The van der Waals surface area contributed by atoms with Crippen LogP contribution in [0.2, 0.25) is 0 Å². The van der Waals surface area contributed by atoms with Crippen LogP contribution in [0, 0.1) is 0 Å². The van der Waals surface area contributed by atoms with Gasteiger partial charge in [0.25, 0.3) is 0 Å². The van der Waals surface area contributed by atoms with E-state index in [0.717, 1.165) is 41.2 Å². The summed E-state index contributed by atoms with van der Waals surface area (Å²) in [6.07, 6.45) is 1.96. The SMILES string of the molecule is CCCc1c(-c2ccccc2OC)nn(C)c1N. The van der Waals surface area contributed by atoms with Crippen LogP contribution in [0.1, 0.15) is 18.9 Å². The van der Waals surface area contributed by atoms with Crippen LogP contribution in [-0.2, 0) is 13.5 Å². The largest absolute Gasteiger partial charge is 0.496 e. The molecule has 0 radical (unpaired) electrons. The number of nitrogens with zero attached hydrogens (tertiary/aromatic N) is 2. The molecule has 0 bridgehead atoms. The number of methoxy groups -OCH3 is 1. The molecular weight excluding hydrogens is 226 g/mol. The summed E-state index contributed by atoms with van der Waals surface area (Å²) in [4.78, 5) is 0. The van der Waals surface area contributed by atoms with Gasteiger partial charge in [-0.1, -0.05) is 25.5 Å². The summed E-state index contributed by atoms with van der Waals surface area (Å²) in [6.45, 7) is 2.14. The first-order chi connectivity index (χ1) is 8.69. The summed E-state index contributed by atoms with van der Waals surface area (Å²) in [7, 11) is 3.54. The van der Waals surface area contributed by atoms with Crippen LogP contribution in [0.25, 0.3) is 11.3 Å². The van der Waals surface area contributed by atoms with E-state index in [0.29, 0.717) is 0 Å². The number of para-hydroxylation sites is 1. The molecular formula is C14H19N3O. The highest BCUT2D eigenvalue weighted by molar-refractivity contribution is 5.73. The summed E-state index contributed by atoms with van der Waals surface area (Å²) in [5, 5.41) is 4.52. The fourth-order valence-corrected chi connectivity index (χ4v) is 2.13. The highest BCUT2D eigenvalue weighted by Gasteiger charge is 2.17. The van der Waals surface area contributed by atoms with Crippen LogP contribution in [-0.4, -0.2) is 16.9 Å². The molecule has 0 aliphatic rings. The van der Waals surface area contributed by atoms with Crippen LogP contribution >= 0.6 is 0 Å². The quantitative estimate of drug-likeness (QED) is 0.900. The van der Waals surface area contributed by atoms with Crippen molar-refractivity contribution in [1.29, 1.82) is 0 Å². The number of benzene rings is 1. The number of rotatable bonds is 4. The Bertz CT molecular complexity index is 546. The highest BCUT2D eigenvalue weighted by atomic mass is 16.5. The molecule has 0 aliphatic heterocycles. The Morgan fingerprint density at radius 2 is 2.06 bits per heavy atom. The van der Waals surface area contributed by atoms with Gasteiger partial charge in [-0.05, 0) is 18.6 Å². The van der Waals surface area contributed by atoms with Crippen LogP contribution in [0.4, 0.5) is 5.82 Å². The fourth-order valence-electron chi connectivity index (χ4n) is 2.13. The van der Waals surface area contributed by atoms with Crippen molar-refractivity contribution in [3.8, 4) is 17.0 Å². The summed E-state index contributed by atoms with van der Waals surface area (Å²) < 4.78 is 7.12. The molecule has 2 N–H and O–H groups in total. The van der Waals surface area contributed by atoms with Crippen molar-refractivity contribution in [3.05, 3.63) is 29.8 Å². The lowest BCUT2D eigenvalue weighted by atomic mass is 10.0. The lowest BCUT2D eigenvalue weighted by Gasteiger charge is -2.07. The van der Waals surface area contributed by atoms with Gasteiger partial charge in [0, 0.05) is 18.2 Å². The van der Waals surface area contributed by atoms with Crippen molar-refractivity contribution in [1.82, 2.24) is 9.78 Å². The van der Waals surface area contributed by atoms with E-state index in [4.69, 9.17) is 10.5 Å². The van der Waals surface area contributed by atoms with E-state index in [2.05, 4.69) is 12.0 Å². The van der Waals surface area contributed by atoms with E-state index in [-0.39, 0.29) is 0 Å². The van der Waals surface area contributed by atoms with Crippen LogP contribution in [0.3, 0.4) is 0 Å². The molecule has 96 valence electrons. The molecule has 0 unspecified atom stereocenters. The lowest BCUT2D eigenvalue weighted by Crippen LogP contribution is -1.99. The summed E-state index contributed by atoms with van der Waals surface area (Å²) in [6, 6.07) is 7.89. The Balaban J connectivity index is 2.59. The van der Waals surface area contributed by atoms with Crippen molar-refractivity contribution in [2.75, 3.05) is 12.8 Å². The van der Waals surface area contributed by atoms with E-state index >= 15 is 0 Å². The van der Waals surface area contributed by atoms with Crippen molar-refractivity contribution in [2.45, 2.75) is 19.8 Å². The zero-order valence-corrected chi connectivity index (χ0v) is 11.1. The highest BCUT2D eigenvalue weighted by Crippen LogP contribution is 2.33. The number of aromatic nitrogens is 2. The molecule has 0 fully saturated rings. The monoisotopic (exact) mass is 245 g/mol. The summed E-state index contributed by atoms with van der Waals surface area (Å²) in [5.41, 5.74) is 9.10. The molecule has 0 atom stereocenters. The van der Waals surface area contributed by atoms with Crippen molar-refractivity contribution >= 4 is 5.82 Å². The number of ether oxygens (including phenoxy) is 1. The van der Waals surface area contributed by atoms with Gasteiger partial charge in [0.15, 0.2) is 0 Å². The number of nitrogen functional groups attached to an aromatic ring is 1. The average Bonchev–Trinajstić information content (AvgIpc) is 2.67. The Hall–Kier alpha value is -1.97. The van der Waals surface area contributed by atoms with Crippen molar-refractivity contribution in [2.24, 2.45) is 7.05 Å². The Labute approximate surface area is 107 Å². The predicted octanol–water partition coefficient (Wildman–Crippen LogP) is 2.63. The molecule has 0 spiro atoms. The Kier molecular flexibility index (Phi) is 3.55. The molecule has 1 aromatic heterocycles. The van der Waals surface area contributed by atoms with Gasteiger partial charge in [0.1, 0.15) is 17.3 Å². The van der Waals surface area contributed by atoms with Crippen molar-refractivity contribution < 1.29 is 4.74 Å². The molecule has 1 aromatic carbocycles. The predicted molar refractivity (Wildman–Crippen MR) is 73.6 cm³/mol. The van der Waals surface area contributed by atoms with E-state index in [1.807, 2.05) is 31.3 Å². The molecule has 4 heteroatoms. The van der Waals surface area contributed by atoms with Gasteiger partial charge in [-0.3, -0.25) is 4.68 Å². The van der Waals surface area contributed by atoms with Gasteiger partial charge < -0.3 is 10.5 Å². The molecule has 0 saturated carbocycles. The second-order valence-electron chi connectivity index (χ2n) is 4.29. The van der Waals surface area contributed by atoms with Crippen molar-refractivity contribution in [3.63, 3.8) is 0 Å². The molecule has 0 aliphatic carbocycles. The molecule has 0 amide bonds. The first kappa shape index (κ1) is 12.5. The summed E-state index contributed by atoms with van der Waals surface area (Å²) in [5.74, 6) is 1.56. The minimum atomic E-state index is 0.734. The third-order valence-corrected chi connectivity index (χ3v) is 3.06. The minimum Gasteiger partial charge on any atom is -0.496 e. The minimum absolute atomic E-state index is 0.734. The van der Waals surface area contributed by atoms with Crippen LogP contribution < -0.4 is 10.5 Å². The Morgan fingerprint density at radius 1 is 1.33 bits per heavy atom. The molecule has 1 heterocycles. The van der Waals surface area contributed by atoms with Gasteiger partial charge in [-0.2, -0.15) is 5.10 Å².